The fraction of sp³-hybridized carbons (Fsp3) is 0.350. The number of carbonyl (C=O) groups excluding carboxylic acids is 1. The third kappa shape index (κ3) is 5.01. The average molecular weight is 327 g/mol. The van der Waals surface area contributed by atoms with Crippen molar-refractivity contribution in [3.63, 3.8) is 0 Å². The van der Waals surface area contributed by atoms with E-state index in [0.29, 0.717) is 0 Å². The summed E-state index contributed by atoms with van der Waals surface area (Å²) in [5, 5.41) is 3.02. The number of hydrogen-bond acceptors (Lipinski definition) is 3. The summed E-state index contributed by atoms with van der Waals surface area (Å²) in [5.41, 5.74) is 3.29. The summed E-state index contributed by atoms with van der Waals surface area (Å²) < 4.78 is 10.8. The van der Waals surface area contributed by atoms with Gasteiger partial charge in [-0.2, -0.15) is 0 Å². The van der Waals surface area contributed by atoms with E-state index in [-0.39, 0.29) is 18.6 Å². The number of amides is 1. The van der Waals surface area contributed by atoms with Crippen LogP contribution in [0.15, 0.2) is 42.5 Å². The molecule has 0 spiro atoms. The SMILES string of the molecule is CC[C@H](NC(=O)COc1cc(C)cc(C)c1)c1ccc(OC)cc1. The lowest BCUT2D eigenvalue weighted by Crippen LogP contribution is -2.32. The summed E-state index contributed by atoms with van der Waals surface area (Å²) in [6.45, 7) is 6.07. The minimum absolute atomic E-state index is 0.00947. The number of carbonyl (C=O) groups is 1. The van der Waals surface area contributed by atoms with E-state index in [0.717, 1.165) is 34.6 Å². The van der Waals surface area contributed by atoms with Crippen LogP contribution >= 0.6 is 0 Å². The van der Waals surface area contributed by atoms with Crippen molar-refractivity contribution in [2.24, 2.45) is 0 Å². The minimum atomic E-state index is -0.128. The number of hydrogen-bond donors (Lipinski definition) is 1. The largest absolute Gasteiger partial charge is 0.497 e. The third-order valence-corrected chi connectivity index (χ3v) is 3.83. The average Bonchev–Trinajstić information content (AvgIpc) is 2.57. The maximum atomic E-state index is 12.2. The molecule has 0 saturated carbocycles. The first-order valence-corrected chi connectivity index (χ1v) is 8.16. The van der Waals surface area contributed by atoms with Gasteiger partial charge in [0.15, 0.2) is 6.61 Å². The monoisotopic (exact) mass is 327 g/mol. The first-order valence-electron chi connectivity index (χ1n) is 8.16. The zero-order valence-corrected chi connectivity index (χ0v) is 14.8. The van der Waals surface area contributed by atoms with Crippen molar-refractivity contribution in [1.29, 1.82) is 0 Å². The zero-order valence-electron chi connectivity index (χ0n) is 14.8. The second kappa shape index (κ2) is 8.39. The van der Waals surface area contributed by atoms with Crippen molar-refractivity contribution < 1.29 is 14.3 Å². The van der Waals surface area contributed by atoms with E-state index in [2.05, 4.69) is 11.4 Å². The summed E-state index contributed by atoms with van der Waals surface area (Å²) in [7, 11) is 1.64. The first-order chi connectivity index (χ1) is 11.5. The Morgan fingerprint density at radius 3 is 2.21 bits per heavy atom. The van der Waals surface area contributed by atoms with Gasteiger partial charge in [0.05, 0.1) is 13.2 Å². The molecule has 4 heteroatoms. The summed E-state index contributed by atoms with van der Waals surface area (Å²) in [4.78, 5) is 12.2. The Hall–Kier alpha value is -2.49. The molecule has 0 aliphatic heterocycles. The van der Waals surface area contributed by atoms with Crippen molar-refractivity contribution in [3.8, 4) is 11.5 Å². The van der Waals surface area contributed by atoms with Crippen LogP contribution in [0.2, 0.25) is 0 Å². The lowest BCUT2D eigenvalue weighted by molar-refractivity contribution is -0.123. The Morgan fingerprint density at radius 1 is 1.04 bits per heavy atom. The fourth-order valence-corrected chi connectivity index (χ4v) is 2.66. The predicted octanol–water partition coefficient (Wildman–Crippen LogP) is 3.96. The molecule has 0 bridgehead atoms. The Labute approximate surface area is 143 Å². The molecule has 128 valence electrons. The van der Waals surface area contributed by atoms with Crippen LogP contribution in [0, 0.1) is 13.8 Å². The van der Waals surface area contributed by atoms with E-state index in [9.17, 15) is 4.79 Å². The summed E-state index contributed by atoms with van der Waals surface area (Å²) in [6.07, 6.45) is 0.807. The van der Waals surface area contributed by atoms with Crippen LogP contribution in [0.25, 0.3) is 0 Å². The molecule has 0 heterocycles. The van der Waals surface area contributed by atoms with Gasteiger partial charge in [-0.3, -0.25) is 4.79 Å². The van der Waals surface area contributed by atoms with Crippen LogP contribution in [0.5, 0.6) is 11.5 Å². The molecule has 1 amide bonds. The topological polar surface area (TPSA) is 47.6 Å². The maximum absolute atomic E-state index is 12.2. The lowest BCUT2D eigenvalue weighted by Gasteiger charge is -2.18. The molecule has 0 unspecified atom stereocenters. The molecule has 0 aliphatic rings. The van der Waals surface area contributed by atoms with Crippen molar-refractivity contribution in [2.45, 2.75) is 33.2 Å². The molecule has 2 rings (SSSR count). The van der Waals surface area contributed by atoms with E-state index >= 15 is 0 Å². The van der Waals surface area contributed by atoms with Crippen LogP contribution in [0.3, 0.4) is 0 Å². The van der Waals surface area contributed by atoms with E-state index < -0.39 is 0 Å². The van der Waals surface area contributed by atoms with E-state index in [4.69, 9.17) is 9.47 Å². The molecule has 2 aromatic carbocycles. The number of rotatable bonds is 7. The number of nitrogens with one attached hydrogen (secondary N) is 1. The number of aryl methyl sites for hydroxylation is 2. The number of methoxy groups -OCH3 is 1. The Morgan fingerprint density at radius 2 is 1.67 bits per heavy atom. The van der Waals surface area contributed by atoms with Crippen molar-refractivity contribution in [1.82, 2.24) is 5.32 Å². The highest BCUT2D eigenvalue weighted by atomic mass is 16.5. The van der Waals surface area contributed by atoms with Crippen LogP contribution in [-0.2, 0) is 4.79 Å². The Balaban J connectivity index is 1.93. The van der Waals surface area contributed by atoms with Gasteiger partial charge < -0.3 is 14.8 Å². The Kier molecular flexibility index (Phi) is 6.24. The minimum Gasteiger partial charge on any atom is -0.497 e. The molecule has 24 heavy (non-hydrogen) atoms. The highest BCUT2D eigenvalue weighted by Gasteiger charge is 2.13. The standard InChI is InChI=1S/C20H25NO3/c1-5-19(16-6-8-17(23-4)9-7-16)21-20(22)13-24-18-11-14(2)10-15(3)12-18/h6-12,19H,5,13H2,1-4H3,(H,21,22)/t19-/m0/s1. The predicted molar refractivity (Wildman–Crippen MR) is 95.6 cm³/mol. The van der Waals surface area contributed by atoms with E-state index in [1.165, 1.54) is 0 Å². The first kappa shape index (κ1) is 17.9. The van der Waals surface area contributed by atoms with Gasteiger partial charge in [-0.1, -0.05) is 25.1 Å². The Bertz CT molecular complexity index is 660. The van der Waals surface area contributed by atoms with E-state index in [1.54, 1.807) is 7.11 Å². The molecule has 0 radical (unpaired) electrons. The van der Waals surface area contributed by atoms with Crippen LogP contribution in [-0.4, -0.2) is 19.6 Å². The van der Waals surface area contributed by atoms with Crippen molar-refractivity contribution in [3.05, 3.63) is 59.2 Å². The summed E-state index contributed by atoms with van der Waals surface area (Å²) >= 11 is 0. The lowest BCUT2D eigenvalue weighted by atomic mass is 10.0. The number of ether oxygens (including phenoxy) is 2. The fourth-order valence-electron chi connectivity index (χ4n) is 2.66. The molecule has 0 aromatic heterocycles. The molecule has 4 nitrogen and oxygen atoms in total. The highest BCUT2D eigenvalue weighted by molar-refractivity contribution is 5.78. The molecule has 1 atom stereocenters. The quantitative estimate of drug-likeness (QED) is 0.837. The summed E-state index contributed by atoms with van der Waals surface area (Å²) in [5.74, 6) is 1.40. The van der Waals surface area contributed by atoms with Gasteiger partial charge in [-0.25, -0.2) is 0 Å². The van der Waals surface area contributed by atoms with Crippen molar-refractivity contribution >= 4 is 5.91 Å². The second-order valence-corrected chi connectivity index (χ2v) is 5.91. The van der Waals surface area contributed by atoms with Gasteiger partial charge in [0, 0.05) is 0 Å². The van der Waals surface area contributed by atoms with Gasteiger partial charge in [0.25, 0.3) is 5.91 Å². The van der Waals surface area contributed by atoms with Crippen LogP contribution in [0.4, 0.5) is 0 Å². The highest BCUT2D eigenvalue weighted by Crippen LogP contribution is 2.20. The molecule has 2 aromatic rings. The molecular formula is C20H25NO3. The molecule has 1 N–H and O–H groups in total. The second-order valence-electron chi connectivity index (χ2n) is 5.91. The molecule has 0 fully saturated rings. The van der Waals surface area contributed by atoms with Gasteiger partial charge >= 0.3 is 0 Å². The third-order valence-electron chi connectivity index (χ3n) is 3.83. The van der Waals surface area contributed by atoms with Crippen LogP contribution < -0.4 is 14.8 Å². The smallest absolute Gasteiger partial charge is 0.258 e. The normalized spacial score (nSPS) is 11.7. The van der Waals surface area contributed by atoms with Gasteiger partial charge in [0.2, 0.25) is 0 Å². The van der Waals surface area contributed by atoms with E-state index in [1.807, 2.05) is 57.2 Å². The van der Waals surface area contributed by atoms with Gasteiger partial charge in [0.1, 0.15) is 11.5 Å². The molecule has 0 aliphatic carbocycles. The zero-order chi connectivity index (χ0) is 17.5. The van der Waals surface area contributed by atoms with Gasteiger partial charge in [-0.15, -0.1) is 0 Å². The van der Waals surface area contributed by atoms with Crippen molar-refractivity contribution in [2.75, 3.05) is 13.7 Å². The van der Waals surface area contributed by atoms with Gasteiger partial charge in [-0.05, 0) is 61.2 Å². The van der Waals surface area contributed by atoms with Crippen LogP contribution in [0.1, 0.15) is 36.1 Å². The molecule has 0 saturated heterocycles. The number of benzene rings is 2. The molecular weight excluding hydrogens is 302 g/mol. The maximum Gasteiger partial charge on any atom is 0.258 e. The summed E-state index contributed by atoms with van der Waals surface area (Å²) in [6, 6.07) is 13.6.